The first-order chi connectivity index (χ1) is 11.0. The normalized spacial score (nSPS) is 16.9. The summed E-state index contributed by atoms with van der Waals surface area (Å²) in [5, 5.41) is 9.77. The zero-order valence-corrected chi connectivity index (χ0v) is 13.7. The van der Waals surface area contributed by atoms with Crippen LogP contribution in [0.15, 0.2) is 53.4 Å². The molecule has 0 radical (unpaired) electrons. The number of rotatable bonds is 2. The van der Waals surface area contributed by atoms with Crippen LogP contribution in [0.2, 0.25) is 5.02 Å². The van der Waals surface area contributed by atoms with E-state index in [2.05, 4.69) is 0 Å². The summed E-state index contributed by atoms with van der Waals surface area (Å²) in [5.41, 5.74) is 1.90. The van der Waals surface area contributed by atoms with E-state index in [1.165, 1.54) is 12.1 Å². The Labute approximate surface area is 142 Å². The van der Waals surface area contributed by atoms with Crippen molar-refractivity contribution in [2.45, 2.75) is 6.92 Å². The molecule has 0 atom stereocenters. The van der Waals surface area contributed by atoms with Gasteiger partial charge in [0.15, 0.2) is 0 Å². The average molecular weight is 346 g/mol. The van der Waals surface area contributed by atoms with Crippen molar-refractivity contribution in [1.82, 2.24) is 0 Å². The maximum absolute atomic E-state index is 12.6. The predicted octanol–water partition coefficient (Wildman–Crippen LogP) is 4.68. The highest BCUT2D eigenvalue weighted by atomic mass is 35.5. The molecule has 1 heterocycles. The number of anilines is 1. The van der Waals surface area contributed by atoms with Crippen LogP contribution in [0.4, 0.5) is 10.5 Å². The van der Waals surface area contributed by atoms with Crippen molar-refractivity contribution >= 4 is 45.8 Å². The van der Waals surface area contributed by atoms with E-state index in [4.69, 9.17) is 11.6 Å². The minimum Gasteiger partial charge on any atom is -0.508 e. The fourth-order valence-corrected chi connectivity index (χ4v) is 3.31. The fraction of sp³-hybridized carbons (Fsp3) is 0.0588. The average Bonchev–Trinajstić information content (AvgIpc) is 2.82. The lowest BCUT2D eigenvalue weighted by Gasteiger charge is -2.12. The molecule has 0 aliphatic carbocycles. The summed E-state index contributed by atoms with van der Waals surface area (Å²) in [6.07, 6.45) is 0. The molecule has 1 N–H and O–H groups in total. The Hall–Kier alpha value is -2.24. The van der Waals surface area contributed by atoms with E-state index in [0.29, 0.717) is 21.2 Å². The van der Waals surface area contributed by atoms with E-state index in [-0.39, 0.29) is 11.0 Å². The Kier molecular flexibility index (Phi) is 4.15. The van der Waals surface area contributed by atoms with Crippen LogP contribution >= 0.6 is 23.4 Å². The van der Waals surface area contributed by atoms with Crippen LogP contribution in [0.5, 0.6) is 5.75 Å². The smallest absolute Gasteiger partial charge is 0.298 e. The molecule has 0 aromatic heterocycles. The molecule has 1 aliphatic rings. The van der Waals surface area contributed by atoms with Crippen LogP contribution in [0.3, 0.4) is 0 Å². The molecule has 2 amide bonds. The van der Waals surface area contributed by atoms with E-state index in [1.807, 2.05) is 0 Å². The molecule has 1 saturated heterocycles. The van der Waals surface area contributed by atoms with Gasteiger partial charge in [0.25, 0.3) is 11.1 Å². The molecule has 0 unspecified atom stereocenters. The Morgan fingerprint density at radius 2 is 1.83 bits per heavy atom. The van der Waals surface area contributed by atoms with Gasteiger partial charge in [-0.3, -0.25) is 9.59 Å². The molecule has 0 spiro atoms. The van der Waals surface area contributed by atoms with Crippen molar-refractivity contribution in [2.75, 3.05) is 4.90 Å². The summed E-state index contributed by atoms with van der Waals surface area (Å²) in [7, 11) is 0. The SMILES string of the molecule is CC(=C1SC(=O)N(c2cccc(O)c2)C1=O)c1ccc(Cl)cc1. The minimum absolute atomic E-state index is 0.0000437. The molecule has 6 heteroatoms. The molecular formula is C17H12ClNO3S. The van der Waals surface area contributed by atoms with Gasteiger partial charge in [0, 0.05) is 11.1 Å². The van der Waals surface area contributed by atoms with Crippen LogP contribution in [0.1, 0.15) is 12.5 Å². The van der Waals surface area contributed by atoms with Gasteiger partial charge in [-0.25, -0.2) is 4.90 Å². The first-order valence-corrected chi connectivity index (χ1v) is 7.99. The van der Waals surface area contributed by atoms with Crippen molar-refractivity contribution in [1.29, 1.82) is 0 Å². The largest absolute Gasteiger partial charge is 0.508 e. The van der Waals surface area contributed by atoms with Gasteiger partial charge in [-0.1, -0.05) is 29.8 Å². The number of thioether (sulfide) groups is 1. The Balaban J connectivity index is 2.00. The molecule has 3 rings (SSSR count). The van der Waals surface area contributed by atoms with Crippen LogP contribution in [0, 0.1) is 0 Å². The van der Waals surface area contributed by atoms with E-state index in [1.54, 1.807) is 43.3 Å². The number of carbonyl (C=O) groups is 2. The lowest BCUT2D eigenvalue weighted by Crippen LogP contribution is -2.27. The molecule has 23 heavy (non-hydrogen) atoms. The number of aromatic hydroxyl groups is 1. The Morgan fingerprint density at radius 1 is 1.13 bits per heavy atom. The number of nitrogens with zero attached hydrogens (tertiary/aromatic N) is 1. The monoisotopic (exact) mass is 345 g/mol. The van der Waals surface area contributed by atoms with Crippen LogP contribution < -0.4 is 4.90 Å². The summed E-state index contributed by atoms with van der Waals surface area (Å²) in [6.45, 7) is 1.79. The van der Waals surface area contributed by atoms with E-state index in [0.717, 1.165) is 22.2 Å². The fourth-order valence-electron chi connectivity index (χ4n) is 2.28. The third-order valence-electron chi connectivity index (χ3n) is 3.48. The van der Waals surface area contributed by atoms with Gasteiger partial charge >= 0.3 is 0 Å². The number of amides is 2. The summed E-state index contributed by atoms with van der Waals surface area (Å²) < 4.78 is 0. The van der Waals surface area contributed by atoms with E-state index < -0.39 is 5.91 Å². The lowest BCUT2D eigenvalue weighted by molar-refractivity contribution is -0.113. The number of imide groups is 1. The zero-order valence-electron chi connectivity index (χ0n) is 12.1. The third kappa shape index (κ3) is 2.98. The molecule has 0 saturated carbocycles. The Morgan fingerprint density at radius 3 is 2.48 bits per heavy atom. The van der Waals surface area contributed by atoms with Crippen LogP contribution in [-0.4, -0.2) is 16.3 Å². The van der Waals surface area contributed by atoms with Crippen molar-refractivity contribution in [3.63, 3.8) is 0 Å². The van der Waals surface area contributed by atoms with Gasteiger partial charge in [0.05, 0.1) is 10.6 Å². The van der Waals surface area contributed by atoms with Crippen molar-refractivity contribution in [3.8, 4) is 5.75 Å². The first kappa shape index (κ1) is 15.6. The summed E-state index contributed by atoms with van der Waals surface area (Å²) in [6, 6.07) is 13.1. The van der Waals surface area contributed by atoms with Crippen molar-refractivity contribution < 1.29 is 14.7 Å². The summed E-state index contributed by atoms with van der Waals surface area (Å²) in [4.78, 5) is 26.3. The molecule has 4 nitrogen and oxygen atoms in total. The second kappa shape index (κ2) is 6.10. The van der Waals surface area contributed by atoms with Crippen LogP contribution in [-0.2, 0) is 4.79 Å². The van der Waals surface area contributed by atoms with Gasteiger partial charge in [0.2, 0.25) is 0 Å². The summed E-state index contributed by atoms with van der Waals surface area (Å²) >= 11 is 6.76. The number of carbonyl (C=O) groups excluding carboxylic acids is 2. The third-order valence-corrected chi connectivity index (χ3v) is 4.77. The quantitative estimate of drug-likeness (QED) is 0.803. The molecular weight excluding hydrogens is 334 g/mol. The molecule has 1 fully saturated rings. The van der Waals surface area contributed by atoms with Gasteiger partial charge in [-0.15, -0.1) is 0 Å². The standard InChI is InChI=1S/C17H12ClNO3S/c1-10(11-5-7-12(18)8-6-11)15-16(21)19(17(22)23-15)13-3-2-4-14(20)9-13/h2-9,20H,1H3. The maximum Gasteiger partial charge on any atom is 0.298 e. The lowest BCUT2D eigenvalue weighted by atomic mass is 10.1. The maximum atomic E-state index is 12.6. The van der Waals surface area contributed by atoms with Gasteiger partial charge in [-0.05, 0) is 54.1 Å². The number of halogens is 1. The minimum atomic E-state index is -0.391. The van der Waals surface area contributed by atoms with Gasteiger partial charge in [-0.2, -0.15) is 0 Å². The van der Waals surface area contributed by atoms with Crippen molar-refractivity contribution in [3.05, 3.63) is 64.0 Å². The molecule has 1 aliphatic heterocycles. The molecule has 2 aromatic rings. The van der Waals surface area contributed by atoms with E-state index in [9.17, 15) is 14.7 Å². The van der Waals surface area contributed by atoms with Crippen molar-refractivity contribution in [2.24, 2.45) is 0 Å². The topological polar surface area (TPSA) is 57.6 Å². The number of hydrogen-bond acceptors (Lipinski definition) is 4. The highest BCUT2D eigenvalue weighted by Crippen LogP contribution is 2.39. The molecule has 2 aromatic carbocycles. The number of phenols is 1. The van der Waals surface area contributed by atoms with Crippen LogP contribution in [0.25, 0.3) is 5.57 Å². The number of phenolic OH excluding ortho intramolecular Hbond substituents is 1. The number of allylic oxidation sites excluding steroid dienone is 1. The number of hydrogen-bond donors (Lipinski definition) is 1. The second-order valence-electron chi connectivity index (χ2n) is 4.99. The zero-order chi connectivity index (χ0) is 16.6. The molecule has 0 bridgehead atoms. The number of benzene rings is 2. The summed E-state index contributed by atoms with van der Waals surface area (Å²) in [5.74, 6) is -0.391. The highest BCUT2D eigenvalue weighted by molar-refractivity contribution is 8.19. The van der Waals surface area contributed by atoms with Gasteiger partial charge < -0.3 is 5.11 Å². The molecule has 116 valence electrons. The predicted molar refractivity (Wildman–Crippen MR) is 92.6 cm³/mol. The Bertz CT molecular complexity index is 830. The van der Waals surface area contributed by atoms with Gasteiger partial charge in [0.1, 0.15) is 5.75 Å². The second-order valence-corrected chi connectivity index (χ2v) is 6.39. The first-order valence-electron chi connectivity index (χ1n) is 6.79. The van der Waals surface area contributed by atoms with E-state index >= 15 is 0 Å². The highest BCUT2D eigenvalue weighted by Gasteiger charge is 2.37.